The molecule has 27 heavy (non-hydrogen) atoms. The van der Waals surface area contributed by atoms with Gasteiger partial charge >= 0.3 is 0 Å². The third-order valence-corrected chi connectivity index (χ3v) is 5.28. The lowest BCUT2D eigenvalue weighted by Crippen LogP contribution is -2.40. The van der Waals surface area contributed by atoms with Gasteiger partial charge < -0.3 is 10.6 Å². The van der Waals surface area contributed by atoms with Gasteiger partial charge in [0, 0.05) is 35.4 Å². The van der Waals surface area contributed by atoms with Gasteiger partial charge in [-0.05, 0) is 62.4 Å². The lowest BCUT2D eigenvalue weighted by atomic mass is 9.91. The van der Waals surface area contributed by atoms with E-state index in [4.69, 9.17) is 4.98 Å². The summed E-state index contributed by atoms with van der Waals surface area (Å²) in [6.07, 6.45) is 7.29. The molecule has 1 aromatic carbocycles. The van der Waals surface area contributed by atoms with Crippen LogP contribution in [0, 0.1) is 6.92 Å². The molecule has 0 spiro atoms. The number of nitrogens with one attached hydrogen (secondary N) is 2. The maximum absolute atomic E-state index is 12.3. The summed E-state index contributed by atoms with van der Waals surface area (Å²) in [5.74, 6) is 0.927. The fourth-order valence-corrected chi connectivity index (χ4v) is 3.79. The van der Waals surface area contributed by atoms with Crippen LogP contribution in [0.3, 0.4) is 0 Å². The van der Waals surface area contributed by atoms with E-state index in [0.717, 1.165) is 37.0 Å². The number of anilines is 1. The number of rotatable bonds is 4. The summed E-state index contributed by atoms with van der Waals surface area (Å²) >= 11 is 0. The second kappa shape index (κ2) is 7.74. The molecule has 0 unspecified atom stereocenters. The normalized spacial score (nSPS) is 19.6. The van der Waals surface area contributed by atoms with Crippen molar-refractivity contribution in [2.45, 2.75) is 44.7 Å². The zero-order valence-corrected chi connectivity index (χ0v) is 15.5. The van der Waals surface area contributed by atoms with Crippen molar-refractivity contribution in [2.75, 3.05) is 5.32 Å². The van der Waals surface area contributed by atoms with Crippen molar-refractivity contribution in [3.8, 4) is 0 Å². The largest absolute Gasteiger partial charge is 0.367 e. The highest BCUT2D eigenvalue weighted by Gasteiger charge is 2.23. The summed E-state index contributed by atoms with van der Waals surface area (Å²) < 4.78 is 0. The molecule has 0 atom stereocenters. The van der Waals surface area contributed by atoms with Crippen molar-refractivity contribution in [1.82, 2.24) is 15.3 Å². The number of pyridine rings is 2. The molecule has 3 aromatic rings. The van der Waals surface area contributed by atoms with E-state index in [0.29, 0.717) is 11.6 Å². The fourth-order valence-electron chi connectivity index (χ4n) is 3.79. The van der Waals surface area contributed by atoms with Crippen LogP contribution in [0.4, 0.5) is 5.82 Å². The van der Waals surface area contributed by atoms with E-state index < -0.39 is 0 Å². The molecule has 2 aromatic heterocycles. The van der Waals surface area contributed by atoms with Gasteiger partial charge in [0.05, 0.1) is 5.52 Å². The van der Waals surface area contributed by atoms with Gasteiger partial charge in [-0.2, -0.15) is 0 Å². The molecule has 2 heterocycles. The lowest BCUT2D eigenvalue weighted by molar-refractivity contribution is 0.0926. The number of aromatic nitrogens is 2. The van der Waals surface area contributed by atoms with Gasteiger partial charge in [0.25, 0.3) is 5.91 Å². The van der Waals surface area contributed by atoms with Gasteiger partial charge in [-0.25, -0.2) is 4.98 Å². The van der Waals surface area contributed by atoms with Crippen LogP contribution in [0.25, 0.3) is 10.9 Å². The molecule has 5 heteroatoms. The maximum Gasteiger partial charge on any atom is 0.251 e. The minimum Gasteiger partial charge on any atom is -0.367 e. The first-order valence-electron chi connectivity index (χ1n) is 9.53. The third-order valence-electron chi connectivity index (χ3n) is 5.28. The molecule has 4 rings (SSSR count). The Kier molecular flexibility index (Phi) is 5.01. The number of fused-ring (bicyclic) bond motifs is 1. The van der Waals surface area contributed by atoms with Crippen molar-refractivity contribution in [1.29, 1.82) is 0 Å². The summed E-state index contributed by atoms with van der Waals surface area (Å²) in [6.45, 7) is 2.13. The summed E-state index contributed by atoms with van der Waals surface area (Å²) in [7, 11) is 0. The number of benzene rings is 1. The molecule has 5 nitrogen and oxygen atoms in total. The first kappa shape index (κ1) is 17.5. The molecule has 1 aliphatic carbocycles. The quantitative estimate of drug-likeness (QED) is 0.735. The zero-order chi connectivity index (χ0) is 18.6. The molecule has 1 amide bonds. The second-order valence-corrected chi connectivity index (χ2v) is 7.24. The van der Waals surface area contributed by atoms with E-state index in [-0.39, 0.29) is 11.9 Å². The summed E-state index contributed by atoms with van der Waals surface area (Å²) in [5, 5.41) is 7.93. The minimum atomic E-state index is -0.0133. The molecular weight excluding hydrogens is 336 g/mol. The number of para-hydroxylation sites is 1. The van der Waals surface area contributed by atoms with Crippen LogP contribution in [0.15, 0.2) is 54.9 Å². The van der Waals surface area contributed by atoms with Crippen molar-refractivity contribution in [3.63, 3.8) is 0 Å². The van der Waals surface area contributed by atoms with Gasteiger partial charge in [-0.15, -0.1) is 0 Å². The van der Waals surface area contributed by atoms with Crippen molar-refractivity contribution in [2.24, 2.45) is 0 Å². The van der Waals surface area contributed by atoms with Gasteiger partial charge in [0.15, 0.2) is 0 Å². The predicted octanol–water partition coefficient (Wildman–Crippen LogP) is 4.09. The highest BCUT2D eigenvalue weighted by atomic mass is 16.1. The summed E-state index contributed by atoms with van der Waals surface area (Å²) in [4.78, 5) is 21.0. The number of hydrogen-bond acceptors (Lipinski definition) is 4. The summed E-state index contributed by atoms with van der Waals surface area (Å²) in [6, 6.07) is 14.5. The highest BCUT2D eigenvalue weighted by molar-refractivity contribution is 5.94. The van der Waals surface area contributed by atoms with Crippen LogP contribution >= 0.6 is 0 Å². The van der Waals surface area contributed by atoms with Crippen molar-refractivity contribution < 1.29 is 4.79 Å². The lowest BCUT2D eigenvalue weighted by Gasteiger charge is -2.30. The molecular formula is C22H24N4O. The number of aryl methyl sites for hydroxylation is 1. The predicted molar refractivity (Wildman–Crippen MR) is 108 cm³/mol. The molecule has 138 valence electrons. The number of amides is 1. The Hall–Kier alpha value is -2.95. The Morgan fingerprint density at radius 1 is 1.00 bits per heavy atom. The molecule has 2 N–H and O–H groups in total. The van der Waals surface area contributed by atoms with Gasteiger partial charge in [-0.1, -0.05) is 18.2 Å². The Morgan fingerprint density at radius 3 is 2.48 bits per heavy atom. The Bertz CT molecular complexity index is 933. The number of nitrogens with zero attached hydrogens (tertiary/aromatic N) is 2. The van der Waals surface area contributed by atoms with E-state index >= 15 is 0 Å². The third kappa shape index (κ3) is 4.08. The van der Waals surface area contributed by atoms with E-state index in [2.05, 4.69) is 40.7 Å². The topological polar surface area (TPSA) is 66.9 Å². The Balaban J connectivity index is 1.34. The van der Waals surface area contributed by atoms with Gasteiger partial charge in [-0.3, -0.25) is 9.78 Å². The molecule has 0 saturated heterocycles. The maximum atomic E-state index is 12.3. The first-order chi connectivity index (χ1) is 13.2. The highest BCUT2D eigenvalue weighted by Crippen LogP contribution is 2.25. The molecule has 1 aliphatic rings. The smallest absolute Gasteiger partial charge is 0.251 e. The van der Waals surface area contributed by atoms with Crippen LogP contribution in [0.2, 0.25) is 0 Å². The van der Waals surface area contributed by atoms with E-state index in [1.54, 1.807) is 24.5 Å². The van der Waals surface area contributed by atoms with Crippen molar-refractivity contribution >= 4 is 22.6 Å². The minimum absolute atomic E-state index is 0.0133. The number of carbonyl (C=O) groups is 1. The van der Waals surface area contributed by atoms with E-state index in [9.17, 15) is 4.79 Å². The van der Waals surface area contributed by atoms with E-state index in [1.165, 1.54) is 10.9 Å². The van der Waals surface area contributed by atoms with E-state index in [1.807, 2.05) is 12.1 Å². The molecule has 0 radical (unpaired) electrons. The second-order valence-electron chi connectivity index (χ2n) is 7.24. The average Bonchev–Trinajstić information content (AvgIpc) is 2.70. The monoisotopic (exact) mass is 360 g/mol. The molecule has 1 saturated carbocycles. The SMILES string of the molecule is Cc1cc(NC2CCC(NC(=O)c3ccncc3)CC2)nc2ccccc12. The molecule has 0 aliphatic heterocycles. The van der Waals surface area contributed by atoms with Gasteiger partial charge in [0.1, 0.15) is 5.82 Å². The van der Waals surface area contributed by atoms with Crippen molar-refractivity contribution in [3.05, 3.63) is 66.0 Å². The van der Waals surface area contributed by atoms with Crippen LogP contribution in [0.1, 0.15) is 41.6 Å². The fraction of sp³-hybridized carbons (Fsp3) is 0.318. The molecule has 1 fully saturated rings. The number of carbonyl (C=O) groups excluding carboxylic acids is 1. The Morgan fingerprint density at radius 2 is 1.70 bits per heavy atom. The van der Waals surface area contributed by atoms with Crippen LogP contribution in [0.5, 0.6) is 0 Å². The Labute approximate surface area is 159 Å². The van der Waals surface area contributed by atoms with Crippen LogP contribution < -0.4 is 10.6 Å². The zero-order valence-electron chi connectivity index (χ0n) is 15.5. The first-order valence-corrected chi connectivity index (χ1v) is 9.53. The summed E-state index contributed by atoms with van der Waals surface area (Å²) in [5.41, 5.74) is 2.93. The van der Waals surface area contributed by atoms with Gasteiger partial charge in [0.2, 0.25) is 0 Å². The number of hydrogen-bond donors (Lipinski definition) is 2. The molecule has 0 bridgehead atoms. The average molecular weight is 360 g/mol. The van der Waals surface area contributed by atoms with Crippen LogP contribution in [-0.2, 0) is 0 Å². The standard InChI is InChI=1S/C22H24N4O/c1-15-14-21(26-20-5-3-2-4-19(15)20)24-17-6-8-18(9-7-17)25-22(27)16-10-12-23-13-11-16/h2-5,10-14,17-18H,6-9H2,1H3,(H,24,26)(H,25,27). The van der Waals surface area contributed by atoms with Crippen LogP contribution in [-0.4, -0.2) is 28.0 Å².